The smallest absolute Gasteiger partial charge is 0.220 e. The van der Waals surface area contributed by atoms with Gasteiger partial charge in [0.1, 0.15) is 5.75 Å². The molecule has 1 aromatic rings. The van der Waals surface area contributed by atoms with E-state index in [9.17, 15) is 4.79 Å². The fourth-order valence-corrected chi connectivity index (χ4v) is 1.30. The van der Waals surface area contributed by atoms with E-state index in [0.717, 1.165) is 11.3 Å². The monoisotopic (exact) mass is 193 g/mol. The number of para-hydroxylation sites is 1. The minimum atomic E-state index is -0.282. The molecule has 2 N–H and O–H groups in total. The highest BCUT2D eigenvalue weighted by atomic mass is 16.5. The second kappa shape index (κ2) is 4.65. The lowest BCUT2D eigenvalue weighted by atomic mass is 10.00. The van der Waals surface area contributed by atoms with Gasteiger partial charge in [-0.3, -0.25) is 4.79 Å². The Morgan fingerprint density at radius 1 is 1.50 bits per heavy atom. The van der Waals surface area contributed by atoms with Gasteiger partial charge in [-0.25, -0.2) is 0 Å². The van der Waals surface area contributed by atoms with E-state index in [0.29, 0.717) is 6.42 Å². The van der Waals surface area contributed by atoms with Gasteiger partial charge in [0, 0.05) is 5.92 Å². The lowest BCUT2D eigenvalue weighted by Gasteiger charge is -2.10. The van der Waals surface area contributed by atoms with Crippen LogP contribution in [0.2, 0.25) is 0 Å². The van der Waals surface area contributed by atoms with Gasteiger partial charge in [-0.15, -0.1) is 0 Å². The standard InChI is InChI=1S/C11H15NO2/c1-8(11(12)13)7-9-5-3-4-6-10(9)14-2/h3-6,8H,7H2,1-2H3,(H2,12,13). The van der Waals surface area contributed by atoms with Crippen molar-refractivity contribution in [3.8, 4) is 5.75 Å². The van der Waals surface area contributed by atoms with Crippen molar-refractivity contribution >= 4 is 5.91 Å². The highest BCUT2D eigenvalue weighted by Crippen LogP contribution is 2.20. The predicted octanol–water partition coefficient (Wildman–Crippen LogP) is 1.36. The Balaban J connectivity index is 2.80. The summed E-state index contributed by atoms with van der Waals surface area (Å²) in [5.74, 6) is 0.364. The third-order valence-electron chi connectivity index (χ3n) is 2.20. The summed E-state index contributed by atoms with van der Waals surface area (Å²) in [6.45, 7) is 1.81. The fourth-order valence-electron chi connectivity index (χ4n) is 1.30. The number of nitrogens with two attached hydrogens (primary N) is 1. The van der Waals surface area contributed by atoms with Crippen molar-refractivity contribution in [1.82, 2.24) is 0 Å². The molecule has 76 valence electrons. The Labute approximate surface area is 83.9 Å². The maximum absolute atomic E-state index is 10.9. The summed E-state index contributed by atoms with van der Waals surface area (Å²) in [4.78, 5) is 10.9. The minimum Gasteiger partial charge on any atom is -0.496 e. The Morgan fingerprint density at radius 2 is 2.14 bits per heavy atom. The molecular formula is C11H15NO2. The van der Waals surface area contributed by atoms with Crippen molar-refractivity contribution in [2.24, 2.45) is 11.7 Å². The van der Waals surface area contributed by atoms with Crippen LogP contribution in [0.5, 0.6) is 5.75 Å². The van der Waals surface area contributed by atoms with Gasteiger partial charge in [0.25, 0.3) is 0 Å². The van der Waals surface area contributed by atoms with Gasteiger partial charge >= 0.3 is 0 Å². The number of hydrogen-bond donors (Lipinski definition) is 1. The molecule has 3 nitrogen and oxygen atoms in total. The topological polar surface area (TPSA) is 52.3 Å². The summed E-state index contributed by atoms with van der Waals surface area (Å²) < 4.78 is 5.17. The van der Waals surface area contributed by atoms with Crippen LogP contribution in [0.4, 0.5) is 0 Å². The Kier molecular flexibility index (Phi) is 3.51. The Hall–Kier alpha value is -1.51. The lowest BCUT2D eigenvalue weighted by Crippen LogP contribution is -2.22. The van der Waals surface area contributed by atoms with Crippen molar-refractivity contribution in [3.63, 3.8) is 0 Å². The van der Waals surface area contributed by atoms with Crippen LogP contribution < -0.4 is 10.5 Å². The highest BCUT2D eigenvalue weighted by molar-refractivity contribution is 5.76. The van der Waals surface area contributed by atoms with E-state index in [1.54, 1.807) is 7.11 Å². The molecule has 0 aromatic heterocycles. The summed E-state index contributed by atoms with van der Waals surface area (Å²) in [6.07, 6.45) is 0.624. The summed E-state index contributed by atoms with van der Waals surface area (Å²) in [7, 11) is 1.62. The van der Waals surface area contributed by atoms with Gasteiger partial charge in [-0.2, -0.15) is 0 Å². The molecule has 0 spiro atoms. The zero-order valence-corrected chi connectivity index (χ0v) is 8.49. The van der Waals surface area contributed by atoms with Gasteiger partial charge < -0.3 is 10.5 Å². The summed E-state index contributed by atoms with van der Waals surface area (Å²) >= 11 is 0. The maximum atomic E-state index is 10.9. The van der Waals surface area contributed by atoms with Gasteiger partial charge in [0.2, 0.25) is 5.91 Å². The predicted molar refractivity (Wildman–Crippen MR) is 55.1 cm³/mol. The zero-order chi connectivity index (χ0) is 10.6. The summed E-state index contributed by atoms with van der Waals surface area (Å²) in [6, 6.07) is 7.64. The molecule has 0 saturated carbocycles. The highest BCUT2D eigenvalue weighted by Gasteiger charge is 2.11. The first-order valence-corrected chi connectivity index (χ1v) is 4.56. The molecule has 0 aliphatic heterocycles. The van der Waals surface area contributed by atoms with Crippen LogP contribution in [0.3, 0.4) is 0 Å². The third-order valence-corrected chi connectivity index (χ3v) is 2.20. The molecular weight excluding hydrogens is 178 g/mol. The lowest BCUT2D eigenvalue weighted by molar-refractivity contribution is -0.121. The first-order chi connectivity index (χ1) is 6.65. The molecule has 1 unspecified atom stereocenters. The first kappa shape index (κ1) is 10.6. The van der Waals surface area contributed by atoms with Gasteiger partial charge in [-0.05, 0) is 18.1 Å². The average molecular weight is 193 g/mol. The molecule has 1 rings (SSSR count). The molecule has 0 radical (unpaired) electrons. The Morgan fingerprint density at radius 3 is 2.71 bits per heavy atom. The largest absolute Gasteiger partial charge is 0.496 e. The van der Waals surface area contributed by atoms with E-state index in [1.165, 1.54) is 0 Å². The maximum Gasteiger partial charge on any atom is 0.220 e. The first-order valence-electron chi connectivity index (χ1n) is 4.56. The minimum absolute atomic E-state index is 0.161. The molecule has 0 aliphatic carbocycles. The summed E-state index contributed by atoms with van der Waals surface area (Å²) in [5.41, 5.74) is 6.21. The number of amides is 1. The van der Waals surface area contributed by atoms with Crippen LogP contribution >= 0.6 is 0 Å². The molecule has 1 atom stereocenters. The van der Waals surface area contributed by atoms with E-state index < -0.39 is 0 Å². The number of carbonyl (C=O) groups excluding carboxylic acids is 1. The summed E-state index contributed by atoms with van der Waals surface area (Å²) in [5, 5.41) is 0. The van der Waals surface area contributed by atoms with Crippen molar-refractivity contribution in [1.29, 1.82) is 0 Å². The number of ether oxygens (including phenoxy) is 1. The molecule has 0 bridgehead atoms. The number of benzene rings is 1. The molecule has 0 fully saturated rings. The molecule has 0 aliphatic rings. The van der Waals surface area contributed by atoms with Crippen LogP contribution in [-0.4, -0.2) is 13.0 Å². The Bertz CT molecular complexity index is 323. The number of methoxy groups -OCH3 is 1. The van der Waals surface area contributed by atoms with Crippen LogP contribution in [0.1, 0.15) is 12.5 Å². The SMILES string of the molecule is COc1ccccc1CC(C)C(N)=O. The number of rotatable bonds is 4. The molecule has 3 heteroatoms. The second-order valence-corrected chi connectivity index (χ2v) is 3.32. The second-order valence-electron chi connectivity index (χ2n) is 3.32. The van der Waals surface area contributed by atoms with Crippen LogP contribution in [0.15, 0.2) is 24.3 Å². The number of carbonyl (C=O) groups is 1. The number of primary amides is 1. The zero-order valence-electron chi connectivity index (χ0n) is 8.49. The van der Waals surface area contributed by atoms with Crippen molar-refractivity contribution in [3.05, 3.63) is 29.8 Å². The normalized spacial score (nSPS) is 12.1. The van der Waals surface area contributed by atoms with Crippen LogP contribution in [0, 0.1) is 5.92 Å². The number of hydrogen-bond acceptors (Lipinski definition) is 2. The van der Waals surface area contributed by atoms with Crippen LogP contribution in [0.25, 0.3) is 0 Å². The molecule has 1 aromatic carbocycles. The molecule has 0 heterocycles. The molecule has 1 amide bonds. The van der Waals surface area contributed by atoms with E-state index in [4.69, 9.17) is 10.5 Å². The van der Waals surface area contributed by atoms with E-state index >= 15 is 0 Å². The fraction of sp³-hybridized carbons (Fsp3) is 0.364. The van der Waals surface area contributed by atoms with Crippen molar-refractivity contribution in [2.75, 3.05) is 7.11 Å². The van der Waals surface area contributed by atoms with Crippen LogP contribution in [-0.2, 0) is 11.2 Å². The van der Waals surface area contributed by atoms with E-state index in [2.05, 4.69) is 0 Å². The van der Waals surface area contributed by atoms with Crippen molar-refractivity contribution < 1.29 is 9.53 Å². The van der Waals surface area contributed by atoms with E-state index in [1.807, 2.05) is 31.2 Å². The quantitative estimate of drug-likeness (QED) is 0.785. The van der Waals surface area contributed by atoms with Gasteiger partial charge in [0.15, 0.2) is 0 Å². The molecule has 0 saturated heterocycles. The van der Waals surface area contributed by atoms with Crippen molar-refractivity contribution in [2.45, 2.75) is 13.3 Å². The average Bonchev–Trinajstić information content (AvgIpc) is 2.18. The van der Waals surface area contributed by atoms with E-state index in [-0.39, 0.29) is 11.8 Å². The molecule has 14 heavy (non-hydrogen) atoms. The third kappa shape index (κ3) is 2.49. The van der Waals surface area contributed by atoms with Gasteiger partial charge in [-0.1, -0.05) is 25.1 Å². The van der Waals surface area contributed by atoms with Gasteiger partial charge in [0.05, 0.1) is 7.11 Å².